The van der Waals surface area contributed by atoms with Crippen molar-refractivity contribution in [2.24, 2.45) is 5.73 Å². The highest BCUT2D eigenvalue weighted by Crippen LogP contribution is 2.11. The molecule has 62 valence electrons. The molecular formula is C9H8FNO. The van der Waals surface area contributed by atoms with Crippen LogP contribution in [0.5, 0.6) is 0 Å². The van der Waals surface area contributed by atoms with E-state index in [9.17, 15) is 9.18 Å². The summed E-state index contributed by atoms with van der Waals surface area (Å²) in [4.78, 5) is 10.7. The summed E-state index contributed by atoms with van der Waals surface area (Å²) >= 11 is 0. The first-order valence-corrected chi connectivity index (χ1v) is 3.37. The molecule has 0 aliphatic carbocycles. The van der Waals surface area contributed by atoms with Crippen molar-refractivity contribution in [2.45, 2.75) is 0 Å². The normalized spacial score (nSPS) is 9.42. The topological polar surface area (TPSA) is 43.1 Å². The second-order valence-corrected chi connectivity index (χ2v) is 2.30. The van der Waals surface area contributed by atoms with Crippen LogP contribution in [0, 0.1) is 5.82 Å². The van der Waals surface area contributed by atoms with Crippen LogP contribution in [0.3, 0.4) is 0 Å². The molecule has 0 saturated heterocycles. The highest BCUT2D eigenvalue weighted by molar-refractivity contribution is 5.96. The van der Waals surface area contributed by atoms with Gasteiger partial charge in [0, 0.05) is 5.56 Å². The molecule has 0 spiro atoms. The van der Waals surface area contributed by atoms with Crippen molar-refractivity contribution in [1.29, 1.82) is 0 Å². The molecule has 0 aliphatic rings. The van der Waals surface area contributed by atoms with Gasteiger partial charge in [-0.1, -0.05) is 12.7 Å². The summed E-state index contributed by atoms with van der Waals surface area (Å²) in [6.45, 7) is 3.44. The minimum atomic E-state index is -0.579. The van der Waals surface area contributed by atoms with Gasteiger partial charge in [-0.25, -0.2) is 4.39 Å². The molecule has 3 heteroatoms. The van der Waals surface area contributed by atoms with Crippen molar-refractivity contribution in [3.63, 3.8) is 0 Å². The number of nitrogens with two attached hydrogens (primary N) is 1. The zero-order chi connectivity index (χ0) is 9.14. The van der Waals surface area contributed by atoms with Gasteiger partial charge in [-0.3, -0.25) is 4.79 Å². The largest absolute Gasteiger partial charge is 0.366 e. The summed E-state index contributed by atoms with van der Waals surface area (Å²) in [6.07, 6.45) is 1.39. The maximum absolute atomic E-state index is 12.6. The average molecular weight is 165 g/mol. The Morgan fingerprint density at radius 3 is 2.75 bits per heavy atom. The van der Waals surface area contributed by atoms with E-state index in [0.29, 0.717) is 5.56 Å². The zero-order valence-corrected chi connectivity index (χ0v) is 6.38. The van der Waals surface area contributed by atoms with E-state index in [-0.39, 0.29) is 5.56 Å². The van der Waals surface area contributed by atoms with Crippen LogP contribution < -0.4 is 5.73 Å². The van der Waals surface area contributed by atoms with Gasteiger partial charge in [0.15, 0.2) is 0 Å². The second-order valence-electron chi connectivity index (χ2n) is 2.30. The van der Waals surface area contributed by atoms with Crippen LogP contribution in [0.15, 0.2) is 24.8 Å². The molecule has 1 rings (SSSR count). The van der Waals surface area contributed by atoms with Gasteiger partial charge in [0.05, 0.1) is 0 Å². The summed E-state index contributed by atoms with van der Waals surface area (Å²) in [5.74, 6) is -0.986. The summed E-state index contributed by atoms with van der Waals surface area (Å²) in [6, 6.07) is 3.74. The summed E-state index contributed by atoms with van der Waals surface area (Å²) in [7, 11) is 0. The summed E-state index contributed by atoms with van der Waals surface area (Å²) in [5, 5.41) is 0. The third kappa shape index (κ3) is 1.50. The highest BCUT2D eigenvalue weighted by atomic mass is 19.1. The quantitative estimate of drug-likeness (QED) is 0.710. The first-order chi connectivity index (χ1) is 5.65. The smallest absolute Gasteiger partial charge is 0.249 e. The molecule has 1 amide bonds. The first-order valence-electron chi connectivity index (χ1n) is 3.37. The molecule has 0 unspecified atom stereocenters. The Balaban J connectivity index is 3.29. The molecule has 0 saturated carbocycles. The number of hydrogen-bond acceptors (Lipinski definition) is 1. The Hall–Kier alpha value is -1.64. The molecule has 0 fully saturated rings. The van der Waals surface area contributed by atoms with Gasteiger partial charge in [0.1, 0.15) is 5.82 Å². The predicted molar refractivity (Wildman–Crippen MR) is 45.0 cm³/mol. The van der Waals surface area contributed by atoms with E-state index in [1.807, 2.05) is 0 Å². The SMILES string of the molecule is C=Cc1cc(F)ccc1C(N)=O. The van der Waals surface area contributed by atoms with E-state index in [0.717, 1.165) is 0 Å². The average Bonchev–Trinajstić information content (AvgIpc) is 2.03. The van der Waals surface area contributed by atoms with E-state index >= 15 is 0 Å². The minimum Gasteiger partial charge on any atom is -0.366 e. The third-order valence-electron chi connectivity index (χ3n) is 1.50. The standard InChI is InChI=1S/C9H8FNO/c1-2-6-5-7(10)3-4-8(6)9(11)12/h2-5H,1H2,(H2,11,12). The van der Waals surface area contributed by atoms with Crippen molar-refractivity contribution in [3.8, 4) is 0 Å². The molecule has 0 aliphatic heterocycles. The lowest BCUT2D eigenvalue weighted by molar-refractivity contribution is 0.1000. The van der Waals surface area contributed by atoms with Crippen LogP contribution in [-0.2, 0) is 0 Å². The fraction of sp³-hybridized carbons (Fsp3) is 0. The number of benzene rings is 1. The molecular weight excluding hydrogens is 157 g/mol. The number of primary amides is 1. The van der Waals surface area contributed by atoms with Crippen molar-refractivity contribution >= 4 is 12.0 Å². The number of carbonyl (C=O) groups is 1. The van der Waals surface area contributed by atoms with Gasteiger partial charge in [0.2, 0.25) is 5.91 Å². The fourth-order valence-electron chi connectivity index (χ4n) is 0.927. The molecule has 1 aromatic rings. The Kier molecular flexibility index (Phi) is 2.24. The van der Waals surface area contributed by atoms with Gasteiger partial charge < -0.3 is 5.73 Å². The Morgan fingerprint density at radius 1 is 1.58 bits per heavy atom. The highest BCUT2D eigenvalue weighted by Gasteiger charge is 2.05. The van der Waals surface area contributed by atoms with Gasteiger partial charge in [0.25, 0.3) is 0 Å². The molecule has 12 heavy (non-hydrogen) atoms. The van der Waals surface area contributed by atoms with Crippen LogP contribution in [0.4, 0.5) is 4.39 Å². The number of hydrogen-bond donors (Lipinski definition) is 1. The molecule has 0 radical (unpaired) electrons. The van der Waals surface area contributed by atoms with Crippen LogP contribution in [-0.4, -0.2) is 5.91 Å². The van der Waals surface area contributed by atoms with Crippen molar-refractivity contribution < 1.29 is 9.18 Å². The van der Waals surface area contributed by atoms with E-state index in [4.69, 9.17) is 5.73 Å². The fourth-order valence-corrected chi connectivity index (χ4v) is 0.927. The van der Waals surface area contributed by atoms with Crippen LogP contribution >= 0.6 is 0 Å². The van der Waals surface area contributed by atoms with E-state index in [2.05, 4.69) is 6.58 Å². The van der Waals surface area contributed by atoms with Crippen molar-refractivity contribution in [3.05, 3.63) is 41.7 Å². The molecule has 0 aromatic heterocycles. The maximum Gasteiger partial charge on any atom is 0.249 e. The van der Waals surface area contributed by atoms with Gasteiger partial charge in [-0.05, 0) is 23.8 Å². The van der Waals surface area contributed by atoms with Crippen molar-refractivity contribution in [1.82, 2.24) is 0 Å². The number of halogens is 1. The van der Waals surface area contributed by atoms with Crippen LogP contribution in [0.2, 0.25) is 0 Å². The Morgan fingerprint density at radius 2 is 2.25 bits per heavy atom. The molecule has 0 atom stereocenters. The van der Waals surface area contributed by atoms with E-state index in [1.165, 1.54) is 24.3 Å². The Bertz CT molecular complexity index is 333. The predicted octanol–water partition coefficient (Wildman–Crippen LogP) is 1.57. The molecule has 2 nitrogen and oxygen atoms in total. The van der Waals surface area contributed by atoms with Gasteiger partial charge in [-0.2, -0.15) is 0 Å². The zero-order valence-electron chi connectivity index (χ0n) is 6.38. The lowest BCUT2D eigenvalue weighted by Crippen LogP contribution is -2.12. The number of rotatable bonds is 2. The third-order valence-corrected chi connectivity index (χ3v) is 1.50. The number of amides is 1. The molecule has 0 heterocycles. The minimum absolute atomic E-state index is 0.284. The van der Waals surface area contributed by atoms with Crippen LogP contribution in [0.1, 0.15) is 15.9 Å². The number of carbonyl (C=O) groups excluding carboxylic acids is 1. The molecule has 0 bridgehead atoms. The first kappa shape index (κ1) is 8.46. The lowest BCUT2D eigenvalue weighted by Gasteiger charge is -2.00. The summed E-state index contributed by atoms with van der Waals surface area (Å²) < 4.78 is 12.6. The van der Waals surface area contributed by atoms with Gasteiger partial charge >= 0.3 is 0 Å². The monoisotopic (exact) mass is 165 g/mol. The molecule has 1 aromatic carbocycles. The second kappa shape index (κ2) is 3.17. The van der Waals surface area contributed by atoms with E-state index < -0.39 is 11.7 Å². The molecule has 2 N–H and O–H groups in total. The summed E-state index contributed by atoms with van der Waals surface area (Å²) in [5.41, 5.74) is 5.73. The van der Waals surface area contributed by atoms with Gasteiger partial charge in [-0.15, -0.1) is 0 Å². The maximum atomic E-state index is 12.6. The van der Waals surface area contributed by atoms with Crippen LogP contribution in [0.25, 0.3) is 6.08 Å². The van der Waals surface area contributed by atoms with E-state index in [1.54, 1.807) is 0 Å². The lowest BCUT2D eigenvalue weighted by atomic mass is 10.1. The Labute approximate surface area is 69.5 Å². The van der Waals surface area contributed by atoms with Crippen molar-refractivity contribution in [2.75, 3.05) is 0 Å².